The fraction of sp³-hybridized carbons (Fsp3) is 0.533. The maximum Gasteiger partial charge on any atom is 0.251 e. The summed E-state index contributed by atoms with van der Waals surface area (Å²) in [5.41, 5.74) is 8.11. The second-order valence-electron chi connectivity index (χ2n) is 5.69. The van der Waals surface area contributed by atoms with Crippen LogP contribution in [0, 0.1) is 19.3 Å². The molecule has 0 saturated carbocycles. The molecule has 1 aromatic carbocycles. The van der Waals surface area contributed by atoms with E-state index in [0.717, 1.165) is 16.9 Å². The van der Waals surface area contributed by atoms with E-state index in [1.807, 2.05) is 39.8 Å². The van der Waals surface area contributed by atoms with Gasteiger partial charge >= 0.3 is 0 Å². The monoisotopic (exact) mass is 264 g/mol. The lowest BCUT2D eigenvalue weighted by molar-refractivity contribution is 0.0937. The van der Waals surface area contributed by atoms with Crippen molar-refractivity contribution in [2.24, 2.45) is 11.1 Å². The second-order valence-corrected chi connectivity index (χ2v) is 5.69. The van der Waals surface area contributed by atoms with Crippen LogP contribution < -0.4 is 15.8 Å². The molecule has 0 heterocycles. The number of hydrogen-bond acceptors (Lipinski definition) is 3. The van der Waals surface area contributed by atoms with Crippen molar-refractivity contribution in [3.05, 3.63) is 28.8 Å². The van der Waals surface area contributed by atoms with Gasteiger partial charge in [0, 0.05) is 12.1 Å². The molecule has 4 nitrogen and oxygen atoms in total. The van der Waals surface area contributed by atoms with E-state index in [0.29, 0.717) is 18.7 Å². The standard InChI is InChI=1S/C15H24N2O2/c1-10-7-13(19-5)11(2)6-12(10)14(18)17-9-15(3,4)8-16/h6-7H,8-9,16H2,1-5H3,(H,17,18). The van der Waals surface area contributed by atoms with Crippen molar-refractivity contribution in [3.8, 4) is 5.75 Å². The van der Waals surface area contributed by atoms with Crippen LogP contribution >= 0.6 is 0 Å². The van der Waals surface area contributed by atoms with Gasteiger partial charge in [-0.05, 0) is 49.1 Å². The molecule has 4 heteroatoms. The van der Waals surface area contributed by atoms with E-state index >= 15 is 0 Å². The molecule has 0 unspecified atom stereocenters. The number of methoxy groups -OCH3 is 1. The number of ether oxygens (including phenoxy) is 1. The Morgan fingerprint density at radius 1 is 1.32 bits per heavy atom. The van der Waals surface area contributed by atoms with Gasteiger partial charge in [-0.2, -0.15) is 0 Å². The summed E-state index contributed by atoms with van der Waals surface area (Å²) in [7, 11) is 1.63. The zero-order chi connectivity index (χ0) is 14.6. The van der Waals surface area contributed by atoms with Crippen LogP contribution in [0.2, 0.25) is 0 Å². The average molecular weight is 264 g/mol. The number of benzene rings is 1. The third kappa shape index (κ3) is 3.96. The molecule has 3 N–H and O–H groups in total. The highest BCUT2D eigenvalue weighted by Gasteiger charge is 2.18. The summed E-state index contributed by atoms with van der Waals surface area (Å²) < 4.78 is 5.24. The Morgan fingerprint density at radius 2 is 1.95 bits per heavy atom. The fourth-order valence-corrected chi connectivity index (χ4v) is 1.74. The van der Waals surface area contributed by atoms with Crippen LogP contribution in [0.4, 0.5) is 0 Å². The number of rotatable bonds is 5. The lowest BCUT2D eigenvalue weighted by atomic mass is 9.93. The average Bonchev–Trinajstić information content (AvgIpc) is 2.38. The molecule has 0 saturated heterocycles. The number of carbonyl (C=O) groups is 1. The molecule has 1 amide bonds. The SMILES string of the molecule is COc1cc(C)c(C(=O)NCC(C)(C)CN)cc1C. The maximum atomic E-state index is 12.2. The molecule has 0 radical (unpaired) electrons. The van der Waals surface area contributed by atoms with Gasteiger partial charge in [-0.25, -0.2) is 0 Å². The van der Waals surface area contributed by atoms with Gasteiger partial charge in [0.15, 0.2) is 0 Å². The van der Waals surface area contributed by atoms with Gasteiger partial charge in [0.1, 0.15) is 5.75 Å². The second kappa shape index (κ2) is 6.06. The summed E-state index contributed by atoms with van der Waals surface area (Å²) in [6.45, 7) is 8.99. The van der Waals surface area contributed by atoms with Crippen molar-refractivity contribution >= 4 is 5.91 Å². The van der Waals surface area contributed by atoms with Gasteiger partial charge in [0.05, 0.1) is 7.11 Å². The van der Waals surface area contributed by atoms with Crippen LogP contribution in [0.1, 0.15) is 35.3 Å². The zero-order valence-corrected chi connectivity index (χ0v) is 12.5. The first-order chi connectivity index (χ1) is 8.80. The molecule has 106 valence electrons. The topological polar surface area (TPSA) is 64.3 Å². The highest BCUT2D eigenvalue weighted by atomic mass is 16.5. The summed E-state index contributed by atoms with van der Waals surface area (Å²) in [4.78, 5) is 12.2. The molecular weight excluding hydrogens is 240 g/mol. The maximum absolute atomic E-state index is 12.2. The van der Waals surface area contributed by atoms with Crippen LogP contribution in [-0.2, 0) is 0 Å². The highest BCUT2D eigenvalue weighted by molar-refractivity contribution is 5.96. The van der Waals surface area contributed by atoms with Crippen LogP contribution in [0.15, 0.2) is 12.1 Å². The molecule has 0 aromatic heterocycles. The smallest absolute Gasteiger partial charge is 0.251 e. The quantitative estimate of drug-likeness (QED) is 0.855. The zero-order valence-electron chi connectivity index (χ0n) is 12.5. The Labute approximate surface area is 115 Å². The van der Waals surface area contributed by atoms with Crippen molar-refractivity contribution in [3.63, 3.8) is 0 Å². The number of amides is 1. The number of hydrogen-bond donors (Lipinski definition) is 2. The van der Waals surface area contributed by atoms with E-state index < -0.39 is 0 Å². The van der Waals surface area contributed by atoms with E-state index in [-0.39, 0.29) is 11.3 Å². The van der Waals surface area contributed by atoms with Crippen molar-refractivity contribution in [1.29, 1.82) is 0 Å². The van der Waals surface area contributed by atoms with Gasteiger partial charge in [-0.15, -0.1) is 0 Å². The van der Waals surface area contributed by atoms with Gasteiger partial charge < -0.3 is 15.8 Å². The van der Waals surface area contributed by atoms with E-state index in [1.165, 1.54) is 0 Å². The van der Waals surface area contributed by atoms with Crippen LogP contribution in [0.3, 0.4) is 0 Å². The number of aryl methyl sites for hydroxylation is 2. The molecule has 1 aromatic rings. The van der Waals surface area contributed by atoms with Gasteiger partial charge in [-0.3, -0.25) is 4.79 Å². The van der Waals surface area contributed by atoms with E-state index in [4.69, 9.17) is 10.5 Å². The predicted molar refractivity (Wildman–Crippen MR) is 77.6 cm³/mol. The van der Waals surface area contributed by atoms with Crippen molar-refractivity contribution < 1.29 is 9.53 Å². The first-order valence-corrected chi connectivity index (χ1v) is 6.44. The number of nitrogens with one attached hydrogen (secondary N) is 1. The fourth-order valence-electron chi connectivity index (χ4n) is 1.74. The summed E-state index contributed by atoms with van der Waals surface area (Å²) >= 11 is 0. The Hall–Kier alpha value is -1.55. The van der Waals surface area contributed by atoms with Crippen LogP contribution in [0.5, 0.6) is 5.75 Å². The molecule has 0 aliphatic heterocycles. The third-order valence-electron chi connectivity index (χ3n) is 3.27. The normalized spacial score (nSPS) is 11.3. The third-order valence-corrected chi connectivity index (χ3v) is 3.27. The molecule has 0 fully saturated rings. The summed E-state index contributed by atoms with van der Waals surface area (Å²) in [5.74, 6) is 0.737. The molecular formula is C15H24N2O2. The molecule has 0 bridgehead atoms. The largest absolute Gasteiger partial charge is 0.496 e. The summed E-state index contributed by atoms with van der Waals surface area (Å²) in [6, 6.07) is 3.75. The van der Waals surface area contributed by atoms with Crippen molar-refractivity contribution in [2.75, 3.05) is 20.2 Å². The molecule has 0 atom stereocenters. The number of carbonyl (C=O) groups excluding carboxylic acids is 1. The Balaban J connectivity index is 2.86. The lowest BCUT2D eigenvalue weighted by Crippen LogP contribution is -2.38. The van der Waals surface area contributed by atoms with Crippen LogP contribution in [0.25, 0.3) is 0 Å². The summed E-state index contributed by atoms with van der Waals surface area (Å²) in [5, 5.41) is 2.94. The highest BCUT2D eigenvalue weighted by Crippen LogP contribution is 2.22. The lowest BCUT2D eigenvalue weighted by Gasteiger charge is -2.23. The number of nitrogens with two attached hydrogens (primary N) is 1. The van der Waals surface area contributed by atoms with Gasteiger partial charge in [0.2, 0.25) is 0 Å². The molecule has 0 aliphatic carbocycles. The molecule has 19 heavy (non-hydrogen) atoms. The van der Waals surface area contributed by atoms with Crippen molar-refractivity contribution in [1.82, 2.24) is 5.32 Å². The summed E-state index contributed by atoms with van der Waals surface area (Å²) in [6.07, 6.45) is 0. The van der Waals surface area contributed by atoms with Gasteiger partial charge in [0.25, 0.3) is 5.91 Å². The molecule has 0 aliphatic rings. The van der Waals surface area contributed by atoms with E-state index in [1.54, 1.807) is 7.11 Å². The first-order valence-electron chi connectivity index (χ1n) is 6.44. The molecule has 1 rings (SSSR count). The predicted octanol–water partition coefficient (Wildman–Crippen LogP) is 2.03. The van der Waals surface area contributed by atoms with Gasteiger partial charge in [-0.1, -0.05) is 13.8 Å². The van der Waals surface area contributed by atoms with Crippen molar-refractivity contribution in [2.45, 2.75) is 27.7 Å². The Morgan fingerprint density at radius 3 is 2.47 bits per heavy atom. The Kier molecular flexibility index (Phi) is 4.95. The minimum atomic E-state index is -0.0922. The Bertz CT molecular complexity index is 467. The molecule has 0 spiro atoms. The van der Waals surface area contributed by atoms with E-state index in [9.17, 15) is 4.79 Å². The minimum Gasteiger partial charge on any atom is -0.496 e. The van der Waals surface area contributed by atoms with Crippen LogP contribution in [-0.4, -0.2) is 26.1 Å². The first kappa shape index (κ1) is 15.5. The van der Waals surface area contributed by atoms with E-state index in [2.05, 4.69) is 5.32 Å². The minimum absolute atomic E-state index is 0.0650.